The summed E-state index contributed by atoms with van der Waals surface area (Å²) in [6.45, 7) is 1.76. The molecule has 0 saturated heterocycles. The normalized spacial score (nSPS) is 10.8. The molecule has 7 nitrogen and oxygen atoms in total. The number of para-hydroxylation sites is 2. The molecule has 2 aromatic rings. The minimum Gasteiger partial charge on any atom is -0.492 e. The molecule has 0 spiro atoms. The number of hydrogen-bond donors (Lipinski definition) is 1. The Morgan fingerprint density at radius 3 is 2.50 bits per heavy atom. The monoisotopic (exact) mass is 377 g/mol. The lowest BCUT2D eigenvalue weighted by atomic mass is 10.2. The second-order valence-corrected chi connectivity index (χ2v) is 7.37. The summed E-state index contributed by atoms with van der Waals surface area (Å²) >= 11 is 0. The van der Waals surface area contributed by atoms with E-state index >= 15 is 0 Å². The molecule has 26 heavy (non-hydrogen) atoms. The standard InChI is InChI=1S/C18H19NO6S/c1-3-24-16-10-5-4-9-15(16)19-17(20)12-25-18(21)13-7-6-8-14(11-13)26(2,22)23/h4-11H,3,12H2,1-2H3,(H,19,20). The predicted octanol–water partition coefficient (Wildman–Crippen LogP) is 2.28. The summed E-state index contributed by atoms with van der Waals surface area (Å²) in [6.07, 6.45) is 1.04. The van der Waals surface area contributed by atoms with Gasteiger partial charge in [0, 0.05) is 6.26 Å². The first-order valence-electron chi connectivity index (χ1n) is 7.80. The fraction of sp³-hybridized carbons (Fsp3) is 0.222. The molecule has 0 aliphatic heterocycles. The highest BCUT2D eigenvalue weighted by atomic mass is 32.2. The maximum Gasteiger partial charge on any atom is 0.338 e. The SMILES string of the molecule is CCOc1ccccc1NC(=O)COC(=O)c1cccc(S(C)(=O)=O)c1. The number of anilines is 1. The number of ether oxygens (including phenoxy) is 2. The number of nitrogens with one attached hydrogen (secondary N) is 1. The Kier molecular flexibility index (Phi) is 6.35. The molecular weight excluding hydrogens is 358 g/mol. The number of carbonyl (C=O) groups excluding carboxylic acids is 2. The summed E-state index contributed by atoms with van der Waals surface area (Å²) in [4.78, 5) is 24.0. The largest absolute Gasteiger partial charge is 0.492 e. The van der Waals surface area contributed by atoms with Gasteiger partial charge in [-0.1, -0.05) is 18.2 Å². The predicted molar refractivity (Wildman–Crippen MR) is 96.1 cm³/mol. The highest BCUT2D eigenvalue weighted by molar-refractivity contribution is 7.90. The van der Waals surface area contributed by atoms with Crippen molar-refractivity contribution in [1.82, 2.24) is 0 Å². The Hall–Kier alpha value is -2.87. The molecule has 0 bridgehead atoms. The van der Waals surface area contributed by atoms with Gasteiger partial charge in [0.15, 0.2) is 16.4 Å². The lowest BCUT2D eigenvalue weighted by molar-refractivity contribution is -0.119. The van der Waals surface area contributed by atoms with Crippen molar-refractivity contribution in [2.45, 2.75) is 11.8 Å². The number of esters is 1. The zero-order valence-electron chi connectivity index (χ0n) is 14.4. The van der Waals surface area contributed by atoms with Crippen molar-refractivity contribution >= 4 is 27.4 Å². The average Bonchev–Trinajstić information content (AvgIpc) is 2.61. The topological polar surface area (TPSA) is 98.8 Å². The van der Waals surface area contributed by atoms with Crippen LogP contribution in [0.15, 0.2) is 53.4 Å². The van der Waals surface area contributed by atoms with Crippen LogP contribution in [0.3, 0.4) is 0 Å². The first-order valence-corrected chi connectivity index (χ1v) is 9.69. The Morgan fingerprint density at radius 1 is 1.08 bits per heavy atom. The van der Waals surface area contributed by atoms with Gasteiger partial charge in [-0.25, -0.2) is 13.2 Å². The van der Waals surface area contributed by atoms with Crippen LogP contribution in [0.1, 0.15) is 17.3 Å². The van der Waals surface area contributed by atoms with Crippen molar-refractivity contribution in [3.05, 3.63) is 54.1 Å². The van der Waals surface area contributed by atoms with Gasteiger partial charge in [0.1, 0.15) is 5.75 Å². The van der Waals surface area contributed by atoms with Gasteiger partial charge in [0.05, 0.1) is 22.8 Å². The maximum absolute atomic E-state index is 12.0. The molecule has 0 aliphatic rings. The number of rotatable bonds is 7. The van der Waals surface area contributed by atoms with E-state index in [1.807, 2.05) is 6.92 Å². The molecular formula is C18H19NO6S. The Labute approximate surface area is 151 Å². The molecule has 0 heterocycles. The average molecular weight is 377 g/mol. The number of amides is 1. The van der Waals surface area contributed by atoms with Crippen LogP contribution in [0.25, 0.3) is 0 Å². The summed E-state index contributed by atoms with van der Waals surface area (Å²) in [5, 5.41) is 2.60. The second kappa shape index (κ2) is 8.48. The van der Waals surface area contributed by atoms with Crippen LogP contribution in [0, 0.1) is 0 Å². The van der Waals surface area contributed by atoms with Gasteiger partial charge in [-0.2, -0.15) is 0 Å². The maximum atomic E-state index is 12.0. The molecule has 0 radical (unpaired) electrons. The highest BCUT2D eigenvalue weighted by Gasteiger charge is 2.15. The number of hydrogen-bond acceptors (Lipinski definition) is 6. The number of carbonyl (C=O) groups is 2. The van der Waals surface area contributed by atoms with Gasteiger partial charge in [0.2, 0.25) is 0 Å². The van der Waals surface area contributed by atoms with E-state index in [4.69, 9.17) is 9.47 Å². The molecule has 2 rings (SSSR count). The zero-order valence-corrected chi connectivity index (χ0v) is 15.2. The molecule has 1 N–H and O–H groups in total. The summed E-state index contributed by atoms with van der Waals surface area (Å²) in [5.74, 6) is -0.816. The van der Waals surface area contributed by atoms with E-state index in [1.165, 1.54) is 24.3 Å². The lowest BCUT2D eigenvalue weighted by Crippen LogP contribution is -2.21. The molecule has 0 unspecified atom stereocenters. The fourth-order valence-corrected chi connectivity index (χ4v) is 2.77. The summed E-state index contributed by atoms with van der Waals surface area (Å²) < 4.78 is 33.4. The molecule has 0 atom stereocenters. The Bertz CT molecular complexity index is 907. The molecule has 138 valence electrons. The van der Waals surface area contributed by atoms with Crippen molar-refractivity contribution in [2.75, 3.05) is 24.8 Å². The highest BCUT2D eigenvalue weighted by Crippen LogP contribution is 2.23. The van der Waals surface area contributed by atoms with Gasteiger partial charge in [-0.15, -0.1) is 0 Å². The van der Waals surface area contributed by atoms with E-state index < -0.39 is 28.3 Å². The minimum atomic E-state index is -3.44. The van der Waals surface area contributed by atoms with Gasteiger partial charge in [-0.05, 0) is 37.3 Å². The smallest absolute Gasteiger partial charge is 0.338 e. The van der Waals surface area contributed by atoms with Gasteiger partial charge >= 0.3 is 5.97 Å². The van der Waals surface area contributed by atoms with E-state index in [9.17, 15) is 18.0 Å². The number of sulfone groups is 1. The summed E-state index contributed by atoms with van der Waals surface area (Å²) in [6, 6.07) is 12.3. The Morgan fingerprint density at radius 2 is 1.81 bits per heavy atom. The van der Waals surface area contributed by atoms with Crippen LogP contribution in [0.4, 0.5) is 5.69 Å². The summed E-state index contributed by atoms with van der Waals surface area (Å²) in [7, 11) is -3.44. The molecule has 1 amide bonds. The molecule has 0 saturated carbocycles. The third-order valence-corrected chi connectivity index (χ3v) is 4.40. The molecule has 0 fully saturated rings. The fourth-order valence-electron chi connectivity index (χ4n) is 2.11. The first-order chi connectivity index (χ1) is 12.3. The van der Waals surface area contributed by atoms with E-state index in [1.54, 1.807) is 24.3 Å². The zero-order chi connectivity index (χ0) is 19.2. The van der Waals surface area contributed by atoms with Crippen LogP contribution in [0.2, 0.25) is 0 Å². The van der Waals surface area contributed by atoms with Crippen LogP contribution in [0.5, 0.6) is 5.75 Å². The van der Waals surface area contributed by atoms with Crippen LogP contribution in [-0.4, -0.2) is 39.8 Å². The van der Waals surface area contributed by atoms with Crippen LogP contribution in [-0.2, 0) is 19.4 Å². The van der Waals surface area contributed by atoms with Gasteiger partial charge in [-0.3, -0.25) is 4.79 Å². The number of benzene rings is 2. The third-order valence-electron chi connectivity index (χ3n) is 3.29. The molecule has 0 aromatic heterocycles. The Balaban J connectivity index is 1.99. The first kappa shape index (κ1) is 19.5. The van der Waals surface area contributed by atoms with Crippen molar-refractivity contribution < 1.29 is 27.5 Å². The molecule has 0 aliphatic carbocycles. The van der Waals surface area contributed by atoms with E-state index in [2.05, 4.69) is 5.32 Å². The lowest BCUT2D eigenvalue weighted by Gasteiger charge is -2.11. The van der Waals surface area contributed by atoms with E-state index in [0.29, 0.717) is 18.0 Å². The van der Waals surface area contributed by atoms with Crippen molar-refractivity contribution in [2.24, 2.45) is 0 Å². The van der Waals surface area contributed by atoms with Crippen LogP contribution >= 0.6 is 0 Å². The van der Waals surface area contributed by atoms with E-state index in [0.717, 1.165) is 6.26 Å². The third kappa shape index (κ3) is 5.32. The van der Waals surface area contributed by atoms with Crippen LogP contribution < -0.4 is 10.1 Å². The minimum absolute atomic E-state index is 0.00189. The van der Waals surface area contributed by atoms with Gasteiger partial charge in [0.25, 0.3) is 5.91 Å². The quantitative estimate of drug-likeness (QED) is 0.743. The van der Waals surface area contributed by atoms with Crippen molar-refractivity contribution in [1.29, 1.82) is 0 Å². The molecule has 2 aromatic carbocycles. The summed E-state index contributed by atoms with van der Waals surface area (Å²) in [5.41, 5.74) is 0.518. The van der Waals surface area contributed by atoms with E-state index in [-0.39, 0.29) is 10.5 Å². The van der Waals surface area contributed by atoms with Gasteiger partial charge < -0.3 is 14.8 Å². The molecule has 8 heteroatoms. The second-order valence-electron chi connectivity index (χ2n) is 5.35. The van der Waals surface area contributed by atoms with Crippen molar-refractivity contribution in [3.63, 3.8) is 0 Å². The van der Waals surface area contributed by atoms with Crippen molar-refractivity contribution in [3.8, 4) is 5.75 Å².